The van der Waals surface area contributed by atoms with Gasteiger partial charge in [0.15, 0.2) is 5.03 Å². The molecule has 1 N–H and O–H groups in total. The van der Waals surface area contributed by atoms with Crippen LogP contribution in [0.2, 0.25) is 0 Å². The molecule has 7 heteroatoms. The summed E-state index contributed by atoms with van der Waals surface area (Å²) in [5.41, 5.74) is 0.346. The van der Waals surface area contributed by atoms with E-state index in [1.165, 1.54) is 12.3 Å². The molecule has 0 bridgehead atoms. The third-order valence-electron chi connectivity index (χ3n) is 2.79. The number of fused-ring (bicyclic) bond motifs is 1. The second-order valence-corrected chi connectivity index (χ2v) is 5.52. The SMILES string of the molecule is CCCC(C)c1nc(S(=O)(=O)F)c2cc[nH]c2n1. The van der Waals surface area contributed by atoms with Gasteiger partial charge in [0.2, 0.25) is 0 Å². The molecule has 0 aliphatic rings. The molecule has 18 heavy (non-hydrogen) atoms. The van der Waals surface area contributed by atoms with Gasteiger partial charge in [0.25, 0.3) is 0 Å². The number of rotatable bonds is 4. The summed E-state index contributed by atoms with van der Waals surface area (Å²) in [5.74, 6) is 0.339. The van der Waals surface area contributed by atoms with Gasteiger partial charge in [-0.3, -0.25) is 0 Å². The van der Waals surface area contributed by atoms with Gasteiger partial charge in [-0.05, 0) is 12.5 Å². The van der Waals surface area contributed by atoms with Crippen LogP contribution in [0.15, 0.2) is 17.3 Å². The topological polar surface area (TPSA) is 75.7 Å². The number of hydrogen-bond acceptors (Lipinski definition) is 4. The highest BCUT2D eigenvalue weighted by atomic mass is 32.3. The number of aromatic amines is 1. The molecule has 0 fully saturated rings. The predicted molar refractivity (Wildman–Crippen MR) is 65.5 cm³/mol. The van der Waals surface area contributed by atoms with Gasteiger partial charge < -0.3 is 4.98 Å². The van der Waals surface area contributed by atoms with Gasteiger partial charge in [0.1, 0.15) is 11.5 Å². The van der Waals surface area contributed by atoms with Crippen LogP contribution in [0, 0.1) is 0 Å². The fourth-order valence-corrected chi connectivity index (χ4v) is 2.53. The fourth-order valence-electron chi connectivity index (χ4n) is 1.90. The van der Waals surface area contributed by atoms with Crippen LogP contribution in [-0.4, -0.2) is 23.4 Å². The largest absolute Gasteiger partial charge is 0.350 e. The van der Waals surface area contributed by atoms with Crippen LogP contribution in [0.3, 0.4) is 0 Å². The summed E-state index contributed by atoms with van der Waals surface area (Å²) in [6.07, 6.45) is 3.26. The summed E-state index contributed by atoms with van der Waals surface area (Å²) in [6.45, 7) is 3.90. The molecule has 0 spiro atoms. The van der Waals surface area contributed by atoms with Crippen LogP contribution in [0.5, 0.6) is 0 Å². The number of halogens is 1. The molecule has 98 valence electrons. The van der Waals surface area contributed by atoms with Crippen molar-refractivity contribution in [3.63, 3.8) is 0 Å². The highest BCUT2D eigenvalue weighted by Gasteiger charge is 2.22. The van der Waals surface area contributed by atoms with E-state index < -0.39 is 15.2 Å². The first kappa shape index (κ1) is 12.9. The molecule has 0 radical (unpaired) electrons. The Morgan fingerprint density at radius 1 is 1.44 bits per heavy atom. The molecule has 0 amide bonds. The molecule has 0 aliphatic carbocycles. The number of aromatic nitrogens is 3. The van der Waals surface area contributed by atoms with E-state index in [9.17, 15) is 12.3 Å². The zero-order valence-corrected chi connectivity index (χ0v) is 11.0. The third kappa shape index (κ3) is 2.35. The number of hydrogen-bond donors (Lipinski definition) is 1. The van der Waals surface area contributed by atoms with Crippen LogP contribution in [0.1, 0.15) is 38.4 Å². The van der Waals surface area contributed by atoms with E-state index in [0.717, 1.165) is 12.8 Å². The van der Waals surface area contributed by atoms with E-state index in [1.807, 2.05) is 13.8 Å². The minimum Gasteiger partial charge on any atom is -0.346 e. The Bertz CT molecular complexity index is 666. The first-order chi connectivity index (χ1) is 8.43. The van der Waals surface area contributed by atoms with Crippen molar-refractivity contribution in [1.82, 2.24) is 15.0 Å². The lowest BCUT2D eigenvalue weighted by Gasteiger charge is -2.09. The molecule has 2 aromatic heterocycles. The lowest BCUT2D eigenvalue weighted by Crippen LogP contribution is -2.06. The monoisotopic (exact) mass is 271 g/mol. The first-order valence-corrected chi connectivity index (χ1v) is 7.11. The van der Waals surface area contributed by atoms with Gasteiger partial charge in [-0.15, -0.1) is 0 Å². The smallest absolute Gasteiger partial charge is 0.346 e. The molecule has 0 saturated heterocycles. The van der Waals surface area contributed by atoms with Crippen molar-refractivity contribution in [2.24, 2.45) is 0 Å². The molecule has 5 nitrogen and oxygen atoms in total. The molecule has 1 unspecified atom stereocenters. The van der Waals surface area contributed by atoms with Gasteiger partial charge >= 0.3 is 10.2 Å². The second kappa shape index (κ2) is 4.64. The Hall–Kier alpha value is -1.50. The van der Waals surface area contributed by atoms with Gasteiger partial charge in [-0.2, -0.15) is 8.42 Å². The molecule has 0 saturated carbocycles. The van der Waals surface area contributed by atoms with Crippen molar-refractivity contribution in [3.05, 3.63) is 18.1 Å². The van der Waals surface area contributed by atoms with E-state index >= 15 is 0 Å². The molecular formula is C11H14FN3O2S. The highest BCUT2D eigenvalue weighted by Crippen LogP contribution is 2.25. The van der Waals surface area contributed by atoms with E-state index in [0.29, 0.717) is 11.5 Å². The molecule has 0 aliphatic heterocycles. The van der Waals surface area contributed by atoms with Gasteiger partial charge in [-0.25, -0.2) is 9.97 Å². The lowest BCUT2D eigenvalue weighted by atomic mass is 10.1. The number of nitrogens with zero attached hydrogens (tertiary/aromatic N) is 2. The summed E-state index contributed by atoms with van der Waals surface area (Å²) in [6, 6.07) is 1.45. The van der Waals surface area contributed by atoms with Crippen molar-refractivity contribution in [2.45, 2.75) is 37.6 Å². The van der Waals surface area contributed by atoms with Crippen molar-refractivity contribution >= 4 is 21.3 Å². The summed E-state index contributed by atoms with van der Waals surface area (Å²) in [7, 11) is -4.84. The summed E-state index contributed by atoms with van der Waals surface area (Å²) >= 11 is 0. The maximum absolute atomic E-state index is 13.2. The van der Waals surface area contributed by atoms with E-state index in [4.69, 9.17) is 0 Å². The Labute approximate surface area is 105 Å². The lowest BCUT2D eigenvalue weighted by molar-refractivity contribution is 0.545. The van der Waals surface area contributed by atoms with Crippen LogP contribution in [-0.2, 0) is 10.2 Å². The summed E-state index contributed by atoms with van der Waals surface area (Å²) in [5, 5.41) is -0.364. The molecule has 2 rings (SSSR count). The van der Waals surface area contributed by atoms with Crippen LogP contribution in [0.4, 0.5) is 3.89 Å². The Balaban J connectivity index is 2.65. The summed E-state index contributed by atoms with van der Waals surface area (Å²) in [4.78, 5) is 10.9. The van der Waals surface area contributed by atoms with Crippen molar-refractivity contribution in [3.8, 4) is 0 Å². The van der Waals surface area contributed by atoms with Crippen molar-refractivity contribution in [2.75, 3.05) is 0 Å². The first-order valence-electron chi connectivity index (χ1n) is 5.73. The fraction of sp³-hybridized carbons (Fsp3) is 0.455. The molecular weight excluding hydrogens is 257 g/mol. The quantitative estimate of drug-likeness (QED) is 0.684. The zero-order valence-electron chi connectivity index (χ0n) is 10.1. The van der Waals surface area contributed by atoms with Crippen LogP contribution in [0.25, 0.3) is 11.0 Å². The van der Waals surface area contributed by atoms with E-state index in [1.54, 1.807) is 0 Å². The molecule has 2 aromatic rings. The predicted octanol–water partition coefficient (Wildman–Crippen LogP) is 2.52. The molecule has 0 aromatic carbocycles. The Kier molecular flexibility index (Phi) is 3.34. The maximum Gasteiger partial charge on any atom is 0.350 e. The molecule has 1 atom stereocenters. The standard InChI is InChI=1S/C11H14FN3O2S/c1-3-4-7(2)9-14-10-8(5-6-13-10)11(15-9)18(12,16)17/h5-7H,3-4H2,1-2H3,(H,13,14,15). The second-order valence-electron chi connectivity index (χ2n) is 4.25. The van der Waals surface area contributed by atoms with E-state index in [-0.39, 0.29) is 11.3 Å². The minimum atomic E-state index is -4.84. The average molecular weight is 271 g/mol. The van der Waals surface area contributed by atoms with Crippen molar-refractivity contribution in [1.29, 1.82) is 0 Å². The normalized spacial score (nSPS) is 13.9. The van der Waals surface area contributed by atoms with Crippen molar-refractivity contribution < 1.29 is 12.3 Å². The Morgan fingerprint density at radius 2 is 2.17 bits per heavy atom. The van der Waals surface area contributed by atoms with Crippen LogP contribution >= 0.6 is 0 Å². The highest BCUT2D eigenvalue weighted by molar-refractivity contribution is 7.86. The van der Waals surface area contributed by atoms with E-state index in [2.05, 4.69) is 15.0 Å². The van der Waals surface area contributed by atoms with Crippen LogP contribution < -0.4 is 0 Å². The Morgan fingerprint density at radius 3 is 2.78 bits per heavy atom. The minimum absolute atomic E-state index is 0.0109. The molecule has 2 heterocycles. The van der Waals surface area contributed by atoms with Gasteiger partial charge in [0, 0.05) is 12.1 Å². The average Bonchev–Trinajstić information content (AvgIpc) is 2.74. The zero-order chi connectivity index (χ0) is 13.3. The number of nitrogens with one attached hydrogen (secondary N) is 1. The summed E-state index contributed by atoms with van der Waals surface area (Å²) < 4.78 is 35.4. The maximum atomic E-state index is 13.2. The third-order valence-corrected chi connectivity index (χ3v) is 3.56. The van der Waals surface area contributed by atoms with Gasteiger partial charge in [0.05, 0.1) is 5.39 Å². The van der Waals surface area contributed by atoms with Gasteiger partial charge in [-0.1, -0.05) is 24.2 Å². The number of H-pyrrole nitrogens is 1.